The molecule has 3 rings (SSSR count). The molecule has 5 heteroatoms. The minimum atomic E-state index is -0.441. The fourth-order valence-electron chi connectivity index (χ4n) is 2.12. The fraction of sp³-hybridized carbons (Fsp3) is 0.0625. The van der Waals surface area contributed by atoms with Crippen LogP contribution in [0.3, 0.4) is 0 Å². The highest BCUT2D eigenvalue weighted by molar-refractivity contribution is 5.73. The molecule has 0 N–H and O–H groups in total. The Labute approximate surface area is 119 Å². The molecule has 0 amide bonds. The molecule has 0 unspecified atom stereocenters. The summed E-state index contributed by atoms with van der Waals surface area (Å²) in [5, 5.41) is 0.720. The zero-order valence-electron chi connectivity index (χ0n) is 11.0. The van der Waals surface area contributed by atoms with Crippen molar-refractivity contribution in [1.29, 1.82) is 0 Å². The number of hydrogen-bond donors (Lipinski definition) is 0. The lowest BCUT2D eigenvalue weighted by Gasteiger charge is -2.09. The number of terminal acetylenes is 1. The van der Waals surface area contributed by atoms with Crippen LogP contribution in [0.1, 0.15) is 11.1 Å². The zero-order chi connectivity index (χ0) is 14.8. The Morgan fingerprint density at radius 3 is 2.90 bits per heavy atom. The molecule has 0 spiro atoms. The average Bonchev–Trinajstić information content (AvgIpc) is 2.51. The SMILES string of the molecule is C#Cc1ccc(Cn2c(=O)ccc3cncnc32)c(F)c1. The predicted octanol–water partition coefficient (Wildman–Crippen LogP) is 1.96. The van der Waals surface area contributed by atoms with Gasteiger partial charge in [0, 0.05) is 28.8 Å². The molecule has 0 saturated heterocycles. The molecular formula is C16H10FN3O. The molecule has 2 aromatic heterocycles. The van der Waals surface area contributed by atoms with Crippen molar-refractivity contribution in [2.75, 3.05) is 0 Å². The summed E-state index contributed by atoms with van der Waals surface area (Å²) in [6.07, 6.45) is 8.20. The molecule has 0 bridgehead atoms. The first kappa shape index (κ1) is 13.0. The van der Waals surface area contributed by atoms with Gasteiger partial charge in [-0.25, -0.2) is 14.4 Å². The second-order valence-electron chi connectivity index (χ2n) is 4.51. The van der Waals surface area contributed by atoms with E-state index in [-0.39, 0.29) is 12.1 Å². The molecule has 4 nitrogen and oxygen atoms in total. The van der Waals surface area contributed by atoms with Crippen LogP contribution < -0.4 is 5.56 Å². The third-order valence-electron chi connectivity index (χ3n) is 3.19. The van der Waals surface area contributed by atoms with Crippen molar-refractivity contribution >= 4 is 11.0 Å². The van der Waals surface area contributed by atoms with Gasteiger partial charge in [-0.15, -0.1) is 6.42 Å². The number of aromatic nitrogens is 3. The van der Waals surface area contributed by atoms with Gasteiger partial charge in [-0.2, -0.15) is 0 Å². The van der Waals surface area contributed by atoms with Gasteiger partial charge in [-0.1, -0.05) is 12.0 Å². The van der Waals surface area contributed by atoms with Gasteiger partial charge in [0.1, 0.15) is 17.8 Å². The van der Waals surface area contributed by atoms with Crippen LogP contribution >= 0.6 is 0 Å². The number of halogens is 1. The van der Waals surface area contributed by atoms with Gasteiger partial charge < -0.3 is 0 Å². The normalized spacial score (nSPS) is 10.5. The quantitative estimate of drug-likeness (QED) is 0.674. The van der Waals surface area contributed by atoms with E-state index in [4.69, 9.17) is 6.42 Å². The Hall–Kier alpha value is -3.00. The van der Waals surface area contributed by atoms with E-state index in [0.29, 0.717) is 16.8 Å². The average molecular weight is 279 g/mol. The second-order valence-corrected chi connectivity index (χ2v) is 4.51. The summed E-state index contributed by atoms with van der Waals surface area (Å²) in [7, 11) is 0. The summed E-state index contributed by atoms with van der Waals surface area (Å²) in [6.45, 7) is 0.0872. The number of hydrogen-bond acceptors (Lipinski definition) is 3. The van der Waals surface area contributed by atoms with Gasteiger partial charge in [0.05, 0.1) is 6.54 Å². The molecular weight excluding hydrogens is 269 g/mol. The van der Waals surface area contributed by atoms with E-state index in [0.717, 1.165) is 5.39 Å². The molecule has 102 valence electrons. The molecule has 3 aromatic rings. The Kier molecular flexibility index (Phi) is 3.20. The third kappa shape index (κ3) is 2.39. The Bertz CT molecular complexity index is 925. The van der Waals surface area contributed by atoms with Crippen molar-refractivity contribution in [2.45, 2.75) is 6.54 Å². The smallest absolute Gasteiger partial charge is 0.252 e. The standard InChI is InChI=1S/C16H10FN3O/c1-2-11-3-4-13(14(17)7-11)9-20-15(21)6-5-12-8-18-10-19-16(12)20/h1,3-8,10H,9H2. The van der Waals surface area contributed by atoms with Gasteiger partial charge in [-0.05, 0) is 18.2 Å². The number of pyridine rings is 1. The zero-order valence-corrected chi connectivity index (χ0v) is 11.0. The molecule has 0 aliphatic rings. The summed E-state index contributed by atoms with van der Waals surface area (Å²) in [4.78, 5) is 20.0. The summed E-state index contributed by atoms with van der Waals surface area (Å²) in [6, 6.07) is 7.56. The van der Waals surface area contributed by atoms with E-state index in [1.807, 2.05) is 0 Å². The molecule has 0 saturated carbocycles. The Balaban J connectivity index is 2.12. The first-order valence-electron chi connectivity index (χ1n) is 6.23. The number of benzene rings is 1. The number of fused-ring (bicyclic) bond motifs is 1. The molecule has 0 aliphatic carbocycles. The highest BCUT2D eigenvalue weighted by atomic mass is 19.1. The number of rotatable bonds is 2. The first-order valence-corrected chi connectivity index (χ1v) is 6.23. The van der Waals surface area contributed by atoms with Crippen molar-refractivity contribution < 1.29 is 4.39 Å². The lowest BCUT2D eigenvalue weighted by molar-refractivity contribution is 0.598. The second kappa shape index (κ2) is 5.17. The van der Waals surface area contributed by atoms with Gasteiger partial charge in [0.25, 0.3) is 5.56 Å². The fourth-order valence-corrected chi connectivity index (χ4v) is 2.12. The third-order valence-corrected chi connectivity index (χ3v) is 3.19. The maximum Gasteiger partial charge on any atom is 0.252 e. The molecule has 0 radical (unpaired) electrons. The van der Waals surface area contributed by atoms with Crippen molar-refractivity contribution in [2.24, 2.45) is 0 Å². The van der Waals surface area contributed by atoms with Crippen LogP contribution in [0.4, 0.5) is 4.39 Å². The predicted molar refractivity (Wildman–Crippen MR) is 77.2 cm³/mol. The summed E-state index contributed by atoms with van der Waals surface area (Å²) >= 11 is 0. The minimum absolute atomic E-state index is 0.0872. The summed E-state index contributed by atoms with van der Waals surface area (Å²) in [5.74, 6) is 1.93. The largest absolute Gasteiger partial charge is 0.288 e. The molecule has 21 heavy (non-hydrogen) atoms. The highest BCUT2D eigenvalue weighted by Gasteiger charge is 2.08. The maximum absolute atomic E-state index is 14.0. The monoisotopic (exact) mass is 279 g/mol. The van der Waals surface area contributed by atoms with E-state index in [9.17, 15) is 9.18 Å². The first-order chi connectivity index (χ1) is 10.2. The minimum Gasteiger partial charge on any atom is -0.288 e. The van der Waals surface area contributed by atoms with Crippen LogP contribution in [0.25, 0.3) is 11.0 Å². The lowest BCUT2D eigenvalue weighted by Crippen LogP contribution is -2.21. The molecule has 0 aliphatic heterocycles. The summed E-state index contributed by atoms with van der Waals surface area (Å²) in [5.41, 5.74) is 1.06. The van der Waals surface area contributed by atoms with E-state index in [1.165, 1.54) is 23.0 Å². The van der Waals surface area contributed by atoms with Crippen LogP contribution in [0.2, 0.25) is 0 Å². The van der Waals surface area contributed by atoms with Crippen molar-refractivity contribution in [3.63, 3.8) is 0 Å². The molecule has 2 heterocycles. The van der Waals surface area contributed by atoms with E-state index in [2.05, 4.69) is 15.9 Å². The van der Waals surface area contributed by atoms with E-state index >= 15 is 0 Å². The Morgan fingerprint density at radius 2 is 2.14 bits per heavy atom. The summed E-state index contributed by atoms with van der Waals surface area (Å²) < 4.78 is 15.4. The number of nitrogens with zero attached hydrogens (tertiary/aromatic N) is 3. The maximum atomic E-state index is 14.0. The lowest BCUT2D eigenvalue weighted by atomic mass is 10.1. The van der Waals surface area contributed by atoms with Crippen LogP contribution in [0, 0.1) is 18.2 Å². The van der Waals surface area contributed by atoms with Crippen LogP contribution in [-0.4, -0.2) is 14.5 Å². The Morgan fingerprint density at radius 1 is 1.29 bits per heavy atom. The van der Waals surface area contributed by atoms with Crippen LogP contribution in [0.5, 0.6) is 0 Å². The molecule has 0 fully saturated rings. The van der Waals surface area contributed by atoms with Crippen molar-refractivity contribution in [3.8, 4) is 12.3 Å². The topological polar surface area (TPSA) is 47.8 Å². The van der Waals surface area contributed by atoms with Gasteiger partial charge >= 0.3 is 0 Å². The molecule has 0 atom stereocenters. The highest BCUT2D eigenvalue weighted by Crippen LogP contribution is 2.13. The van der Waals surface area contributed by atoms with Gasteiger partial charge in [0.15, 0.2) is 0 Å². The van der Waals surface area contributed by atoms with Crippen molar-refractivity contribution in [1.82, 2.24) is 14.5 Å². The van der Waals surface area contributed by atoms with Crippen LogP contribution in [-0.2, 0) is 6.54 Å². The van der Waals surface area contributed by atoms with Crippen molar-refractivity contribution in [3.05, 3.63) is 70.2 Å². The van der Waals surface area contributed by atoms with Crippen LogP contribution in [0.15, 0.2) is 47.7 Å². The van der Waals surface area contributed by atoms with Gasteiger partial charge in [0.2, 0.25) is 0 Å². The van der Waals surface area contributed by atoms with Gasteiger partial charge in [-0.3, -0.25) is 9.36 Å². The van der Waals surface area contributed by atoms with E-state index < -0.39 is 5.82 Å². The van der Waals surface area contributed by atoms with E-state index in [1.54, 1.807) is 24.4 Å². The molecule has 1 aromatic carbocycles.